The standard InChI is InChI=1S/C13H23NO4/c1-4-9(2)12(10(3)15)13(16)14-18-11-7-5-6-8-17-11/h4,9-12,15H,1,5-8H2,2-3H3,(H,14,16)/t9-,10-,11?,12-/m1/s1. The first-order chi connectivity index (χ1) is 8.56. The van der Waals surface area contributed by atoms with E-state index < -0.39 is 12.0 Å². The Bertz CT molecular complexity index is 274. The molecule has 0 radical (unpaired) electrons. The fourth-order valence-electron chi connectivity index (χ4n) is 2.04. The van der Waals surface area contributed by atoms with E-state index in [9.17, 15) is 9.90 Å². The van der Waals surface area contributed by atoms with E-state index >= 15 is 0 Å². The fourth-order valence-corrected chi connectivity index (χ4v) is 2.04. The Morgan fingerprint density at radius 2 is 2.28 bits per heavy atom. The van der Waals surface area contributed by atoms with Gasteiger partial charge in [-0.15, -0.1) is 6.58 Å². The Balaban J connectivity index is 2.43. The highest BCUT2D eigenvalue weighted by atomic mass is 16.8. The van der Waals surface area contributed by atoms with Gasteiger partial charge in [0.1, 0.15) is 0 Å². The normalized spacial score (nSPS) is 24.9. The Kier molecular flexibility index (Phi) is 6.32. The van der Waals surface area contributed by atoms with Crippen LogP contribution in [0.5, 0.6) is 0 Å². The number of ether oxygens (including phenoxy) is 1. The zero-order chi connectivity index (χ0) is 13.5. The van der Waals surface area contributed by atoms with Gasteiger partial charge in [0.25, 0.3) is 0 Å². The SMILES string of the molecule is C=C[C@@H](C)[C@@H](C(=O)NOC1CCCCO1)[C@@H](C)O. The van der Waals surface area contributed by atoms with Crippen LogP contribution in [-0.2, 0) is 14.4 Å². The molecule has 4 atom stereocenters. The molecule has 1 unspecified atom stereocenters. The molecule has 0 aromatic rings. The van der Waals surface area contributed by atoms with Crippen LogP contribution in [0.2, 0.25) is 0 Å². The maximum absolute atomic E-state index is 11.9. The van der Waals surface area contributed by atoms with Crippen LogP contribution in [0.3, 0.4) is 0 Å². The van der Waals surface area contributed by atoms with E-state index in [4.69, 9.17) is 9.57 Å². The van der Waals surface area contributed by atoms with Crippen LogP contribution in [0.15, 0.2) is 12.7 Å². The quantitative estimate of drug-likeness (QED) is 0.557. The lowest BCUT2D eigenvalue weighted by molar-refractivity contribution is -0.203. The molecule has 0 aromatic heterocycles. The third-order valence-corrected chi connectivity index (χ3v) is 3.19. The van der Waals surface area contributed by atoms with Crippen molar-refractivity contribution < 1.29 is 19.5 Å². The van der Waals surface area contributed by atoms with Crippen molar-refractivity contribution in [2.75, 3.05) is 6.61 Å². The highest BCUT2D eigenvalue weighted by Gasteiger charge is 2.29. The maximum Gasteiger partial charge on any atom is 0.249 e. The average Bonchev–Trinajstić information content (AvgIpc) is 2.37. The van der Waals surface area contributed by atoms with Crippen LogP contribution in [0.25, 0.3) is 0 Å². The topological polar surface area (TPSA) is 67.8 Å². The van der Waals surface area contributed by atoms with Gasteiger partial charge in [0.05, 0.1) is 12.0 Å². The van der Waals surface area contributed by atoms with Gasteiger partial charge in [-0.05, 0) is 25.7 Å². The first kappa shape index (κ1) is 15.1. The number of allylic oxidation sites excluding steroid dienone is 1. The lowest BCUT2D eigenvalue weighted by Gasteiger charge is -2.26. The summed E-state index contributed by atoms with van der Waals surface area (Å²) in [5.41, 5.74) is 2.38. The average molecular weight is 257 g/mol. The second-order valence-electron chi connectivity index (χ2n) is 4.74. The van der Waals surface area contributed by atoms with Gasteiger partial charge in [-0.3, -0.25) is 4.79 Å². The molecule has 5 nitrogen and oxygen atoms in total. The summed E-state index contributed by atoms with van der Waals surface area (Å²) in [5.74, 6) is -1.03. The van der Waals surface area contributed by atoms with Crippen LogP contribution in [-0.4, -0.2) is 30.0 Å². The summed E-state index contributed by atoms with van der Waals surface area (Å²) in [7, 11) is 0. The number of carbonyl (C=O) groups is 1. The third kappa shape index (κ3) is 4.40. The Hall–Kier alpha value is -0.910. The number of nitrogens with one attached hydrogen (secondary N) is 1. The van der Waals surface area contributed by atoms with E-state index in [-0.39, 0.29) is 18.1 Å². The van der Waals surface area contributed by atoms with Gasteiger partial charge in [0.2, 0.25) is 5.91 Å². The Morgan fingerprint density at radius 3 is 2.78 bits per heavy atom. The molecule has 5 heteroatoms. The van der Waals surface area contributed by atoms with Crippen LogP contribution in [0.1, 0.15) is 33.1 Å². The van der Waals surface area contributed by atoms with Crippen molar-refractivity contribution in [2.45, 2.75) is 45.5 Å². The second-order valence-corrected chi connectivity index (χ2v) is 4.74. The van der Waals surface area contributed by atoms with Crippen molar-refractivity contribution in [1.82, 2.24) is 5.48 Å². The van der Waals surface area contributed by atoms with E-state index in [1.807, 2.05) is 6.92 Å². The van der Waals surface area contributed by atoms with Crippen LogP contribution >= 0.6 is 0 Å². The van der Waals surface area contributed by atoms with Crippen LogP contribution < -0.4 is 5.48 Å². The van der Waals surface area contributed by atoms with Gasteiger partial charge >= 0.3 is 0 Å². The number of carbonyl (C=O) groups excluding carboxylic acids is 1. The molecule has 1 aliphatic rings. The second kappa shape index (κ2) is 7.51. The Labute approximate surface area is 108 Å². The predicted octanol–water partition coefficient (Wildman–Crippen LogP) is 1.38. The molecular weight excluding hydrogens is 234 g/mol. The molecule has 1 heterocycles. The summed E-state index contributed by atoms with van der Waals surface area (Å²) in [4.78, 5) is 17.1. The number of amides is 1. The lowest BCUT2D eigenvalue weighted by Crippen LogP contribution is -2.42. The summed E-state index contributed by atoms with van der Waals surface area (Å²) in [6.45, 7) is 7.71. The zero-order valence-corrected chi connectivity index (χ0v) is 11.1. The largest absolute Gasteiger partial charge is 0.393 e. The molecule has 0 spiro atoms. The van der Waals surface area contributed by atoms with Crippen molar-refractivity contribution in [3.8, 4) is 0 Å². The summed E-state index contributed by atoms with van der Waals surface area (Å²) < 4.78 is 5.34. The van der Waals surface area contributed by atoms with E-state index in [0.717, 1.165) is 19.3 Å². The number of aliphatic hydroxyl groups is 1. The smallest absolute Gasteiger partial charge is 0.249 e. The van der Waals surface area contributed by atoms with E-state index in [0.29, 0.717) is 6.61 Å². The predicted molar refractivity (Wildman–Crippen MR) is 67.4 cm³/mol. The first-order valence-corrected chi connectivity index (χ1v) is 6.44. The van der Waals surface area contributed by atoms with E-state index in [1.54, 1.807) is 13.0 Å². The minimum Gasteiger partial charge on any atom is -0.393 e. The number of aliphatic hydroxyl groups excluding tert-OH is 1. The van der Waals surface area contributed by atoms with Gasteiger partial charge in [0.15, 0.2) is 6.29 Å². The van der Waals surface area contributed by atoms with Gasteiger partial charge in [-0.25, -0.2) is 10.3 Å². The van der Waals surface area contributed by atoms with Crippen LogP contribution in [0, 0.1) is 11.8 Å². The van der Waals surface area contributed by atoms with Gasteiger partial charge in [0, 0.05) is 13.0 Å². The monoisotopic (exact) mass is 257 g/mol. The molecule has 1 saturated heterocycles. The Morgan fingerprint density at radius 1 is 1.56 bits per heavy atom. The molecule has 0 saturated carbocycles. The lowest BCUT2D eigenvalue weighted by atomic mass is 9.89. The number of hydrogen-bond donors (Lipinski definition) is 2. The van der Waals surface area contributed by atoms with Crippen molar-refractivity contribution in [2.24, 2.45) is 11.8 Å². The summed E-state index contributed by atoms with van der Waals surface area (Å²) in [5, 5.41) is 9.63. The molecule has 2 N–H and O–H groups in total. The van der Waals surface area contributed by atoms with Crippen LogP contribution in [0.4, 0.5) is 0 Å². The zero-order valence-electron chi connectivity index (χ0n) is 11.1. The van der Waals surface area contributed by atoms with Crippen molar-refractivity contribution in [3.05, 3.63) is 12.7 Å². The third-order valence-electron chi connectivity index (χ3n) is 3.19. The van der Waals surface area contributed by atoms with E-state index in [2.05, 4.69) is 12.1 Å². The molecule has 0 aliphatic carbocycles. The number of rotatable bonds is 6. The molecule has 1 aliphatic heterocycles. The van der Waals surface area contributed by atoms with E-state index in [1.165, 1.54) is 0 Å². The molecule has 1 fully saturated rings. The molecule has 104 valence electrons. The highest BCUT2D eigenvalue weighted by Crippen LogP contribution is 2.18. The minimum absolute atomic E-state index is 0.124. The van der Waals surface area contributed by atoms with Crippen molar-refractivity contribution in [1.29, 1.82) is 0 Å². The molecule has 1 rings (SSSR count). The molecule has 1 amide bonds. The fraction of sp³-hybridized carbons (Fsp3) is 0.769. The number of hydrogen-bond acceptors (Lipinski definition) is 4. The molecule has 0 aromatic carbocycles. The van der Waals surface area contributed by atoms with Crippen molar-refractivity contribution in [3.63, 3.8) is 0 Å². The highest BCUT2D eigenvalue weighted by molar-refractivity contribution is 5.78. The van der Waals surface area contributed by atoms with Crippen molar-refractivity contribution >= 4 is 5.91 Å². The minimum atomic E-state index is -0.756. The first-order valence-electron chi connectivity index (χ1n) is 6.44. The summed E-state index contributed by atoms with van der Waals surface area (Å²) >= 11 is 0. The molecular formula is C13H23NO4. The molecule has 0 bridgehead atoms. The maximum atomic E-state index is 11.9. The number of hydroxylamine groups is 1. The van der Waals surface area contributed by atoms with Gasteiger partial charge < -0.3 is 9.84 Å². The molecule has 18 heavy (non-hydrogen) atoms. The van der Waals surface area contributed by atoms with Gasteiger partial charge in [-0.2, -0.15) is 0 Å². The summed E-state index contributed by atoms with van der Waals surface area (Å²) in [6, 6.07) is 0. The van der Waals surface area contributed by atoms with Gasteiger partial charge in [-0.1, -0.05) is 13.0 Å². The summed E-state index contributed by atoms with van der Waals surface area (Å²) in [6.07, 6.45) is 3.34.